The van der Waals surface area contributed by atoms with Crippen molar-refractivity contribution in [3.8, 4) is 11.5 Å². The van der Waals surface area contributed by atoms with Crippen molar-refractivity contribution in [2.45, 2.75) is 25.2 Å². The van der Waals surface area contributed by atoms with Crippen molar-refractivity contribution < 1.29 is 20.1 Å². The van der Waals surface area contributed by atoms with Gasteiger partial charge < -0.3 is 25.0 Å². The standard InChI is InChI=1S/C30H21NO9/c1-3-4-5-6-14-10-13-9-12-7-8-30(22(12)26(36)17(13)29(39)31-14)27(37)20-21(28(30)38)25(35)19-18(24(20)34)15(32)11-16(40-2)23(19)33/h3-6,9-11,36-38H,7-8H2,1-2H3,(H,31,39)/b4-3+,6-5+/t30-/m0/s1. The molecule has 1 heterocycles. The van der Waals surface area contributed by atoms with E-state index < -0.39 is 76.6 Å². The lowest BCUT2D eigenvalue weighted by Gasteiger charge is -2.27. The second kappa shape index (κ2) is 8.37. The van der Waals surface area contributed by atoms with E-state index in [0.29, 0.717) is 16.6 Å². The summed E-state index contributed by atoms with van der Waals surface area (Å²) >= 11 is 0. The molecule has 40 heavy (non-hydrogen) atoms. The zero-order valence-electron chi connectivity index (χ0n) is 21.2. The Balaban J connectivity index is 1.75. The fourth-order valence-corrected chi connectivity index (χ4v) is 6.13. The van der Waals surface area contributed by atoms with Gasteiger partial charge in [0.1, 0.15) is 22.7 Å². The number of phenolic OH excluding ortho intramolecular Hbond substituents is 1. The molecule has 0 radical (unpaired) electrons. The second-order valence-corrected chi connectivity index (χ2v) is 9.83. The molecule has 10 nitrogen and oxygen atoms in total. The number of aromatic hydroxyl groups is 1. The first-order chi connectivity index (χ1) is 19.1. The Hall–Kier alpha value is -5.25. The number of ether oxygens (including phenoxy) is 1. The minimum atomic E-state index is -1.93. The Morgan fingerprint density at radius 2 is 1.55 bits per heavy atom. The number of allylic oxidation sites excluding steroid dienone is 3. The van der Waals surface area contributed by atoms with Gasteiger partial charge in [0, 0.05) is 17.3 Å². The molecule has 4 aliphatic carbocycles. The van der Waals surface area contributed by atoms with Crippen LogP contribution in [0.2, 0.25) is 0 Å². The number of aromatic amines is 1. The molecule has 0 bridgehead atoms. The summed E-state index contributed by atoms with van der Waals surface area (Å²) in [7, 11) is 1.13. The predicted octanol–water partition coefficient (Wildman–Crippen LogP) is 0.103. The Kier molecular flexibility index (Phi) is 5.24. The highest BCUT2D eigenvalue weighted by Gasteiger charge is 2.53. The van der Waals surface area contributed by atoms with Gasteiger partial charge in [-0.1, -0.05) is 24.3 Å². The van der Waals surface area contributed by atoms with E-state index in [2.05, 4.69) is 4.98 Å². The number of aromatic nitrogens is 1. The van der Waals surface area contributed by atoms with Gasteiger partial charge in [-0.3, -0.25) is 24.0 Å². The number of aliphatic hydroxyl groups excluding tert-OH is 2. The quantitative estimate of drug-likeness (QED) is 0.264. The van der Waals surface area contributed by atoms with E-state index in [-0.39, 0.29) is 23.8 Å². The molecule has 1 aromatic carbocycles. The van der Waals surface area contributed by atoms with Gasteiger partial charge in [0.05, 0.1) is 33.4 Å². The van der Waals surface area contributed by atoms with Gasteiger partial charge in [-0.05, 0) is 42.9 Å². The zero-order chi connectivity index (χ0) is 28.7. The van der Waals surface area contributed by atoms with Gasteiger partial charge in [-0.15, -0.1) is 0 Å². The van der Waals surface area contributed by atoms with Gasteiger partial charge in [0.2, 0.25) is 16.3 Å². The number of fused-ring (bicyclic) bond motifs is 4. The molecular formula is C30H21NO9. The summed E-state index contributed by atoms with van der Waals surface area (Å²) in [5, 5.41) is 32.0. The number of H-pyrrole nitrogens is 1. The van der Waals surface area contributed by atoms with E-state index in [4.69, 9.17) is 4.74 Å². The van der Waals surface area contributed by atoms with Crippen LogP contribution in [-0.4, -0.2) is 27.4 Å². The molecule has 1 atom stereocenters. The summed E-state index contributed by atoms with van der Waals surface area (Å²) in [4.78, 5) is 68.4. The maximum atomic E-state index is 13.6. The third-order valence-electron chi connectivity index (χ3n) is 7.85. The SMILES string of the molecule is C/C=C/C=C/c1cc2cc3c(c(O)c2c(=O)[nH]1)[C@@]1(CC3)C(O)=c2c(=O)c3c(=O)cc(OC)c(=O)c=3c(=O)c2=C1O. The van der Waals surface area contributed by atoms with Gasteiger partial charge in [0.15, 0.2) is 11.2 Å². The van der Waals surface area contributed by atoms with E-state index in [1.54, 1.807) is 30.4 Å². The fraction of sp³-hybridized carbons (Fsp3) is 0.167. The highest BCUT2D eigenvalue weighted by Crippen LogP contribution is 2.54. The molecule has 200 valence electrons. The average Bonchev–Trinajstić information content (AvgIpc) is 3.40. The van der Waals surface area contributed by atoms with Crippen molar-refractivity contribution in [2.75, 3.05) is 7.11 Å². The molecule has 0 unspecified atom stereocenters. The van der Waals surface area contributed by atoms with Gasteiger partial charge >= 0.3 is 0 Å². The van der Waals surface area contributed by atoms with Crippen molar-refractivity contribution in [2.24, 2.45) is 0 Å². The molecule has 1 spiro atoms. The van der Waals surface area contributed by atoms with Crippen LogP contribution >= 0.6 is 0 Å². The van der Waals surface area contributed by atoms with E-state index >= 15 is 0 Å². The van der Waals surface area contributed by atoms with Crippen LogP contribution in [-0.2, 0) is 11.8 Å². The van der Waals surface area contributed by atoms with Crippen LogP contribution in [0.15, 0.2) is 60.4 Å². The number of rotatable bonds is 3. The Bertz CT molecular complexity index is 2360. The number of pyridine rings is 1. The van der Waals surface area contributed by atoms with Gasteiger partial charge in [-0.2, -0.15) is 0 Å². The van der Waals surface area contributed by atoms with Crippen LogP contribution in [0.1, 0.15) is 30.2 Å². The largest absolute Gasteiger partial charge is 0.510 e. The number of hydrogen-bond acceptors (Lipinski definition) is 9. The van der Waals surface area contributed by atoms with Crippen molar-refractivity contribution >= 4 is 28.4 Å². The van der Waals surface area contributed by atoms with Gasteiger partial charge in [-0.25, -0.2) is 0 Å². The maximum absolute atomic E-state index is 13.6. The summed E-state index contributed by atoms with van der Waals surface area (Å²) in [5.74, 6) is -2.44. The summed E-state index contributed by atoms with van der Waals surface area (Å²) in [5.41, 5.74) is -5.79. The molecule has 0 amide bonds. The molecule has 0 aliphatic heterocycles. The molecule has 6 rings (SSSR count). The van der Waals surface area contributed by atoms with Crippen LogP contribution in [0.3, 0.4) is 0 Å². The monoisotopic (exact) mass is 539 g/mol. The molecule has 0 saturated carbocycles. The lowest BCUT2D eigenvalue weighted by atomic mass is 9.78. The normalized spacial score (nSPS) is 18.1. The average molecular weight is 539 g/mol. The van der Waals surface area contributed by atoms with Crippen molar-refractivity contribution in [3.63, 3.8) is 0 Å². The Labute approximate surface area is 222 Å². The zero-order valence-corrected chi connectivity index (χ0v) is 21.2. The number of phenols is 1. The first-order valence-electron chi connectivity index (χ1n) is 12.4. The molecule has 2 aromatic rings. The lowest BCUT2D eigenvalue weighted by Crippen LogP contribution is -2.51. The minimum Gasteiger partial charge on any atom is -0.510 e. The molecule has 0 saturated heterocycles. The van der Waals surface area contributed by atoms with Crippen LogP contribution in [0.5, 0.6) is 11.5 Å². The van der Waals surface area contributed by atoms with Crippen LogP contribution in [0.25, 0.3) is 28.4 Å². The van der Waals surface area contributed by atoms with Crippen LogP contribution in [0, 0.1) is 10.4 Å². The first kappa shape index (κ1) is 25.1. The lowest BCUT2D eigenvalue weighted by molar-refractivity contribution is 0.362. The van der Waals surface area contributed by atoms with Crippen molar-refractivity contribution in [3.05, 3.63) is 125 Å². The fourth-order valence-electron chi connectivity index (χ4n) is 6.13. The summed E-state index contributed by atoms with van der Waals surface area (Å²) in [6.45, 7) is 1.84. The highest BCUT2D eigenvalue weighted by atomic mass is 16.5. The molecule has 4 N–H and O–H groups in total. The van der Waals surface area contributed by atoms with E-state index in [1.807, 2.05) is 13.0 Å². The first-order valence-corrected chi connectivity index (χ1v) is 12.4. The van der Waals surface area contributed by atoms with Crippen molar-refractivity contribution in [1.82, 2.24) is 4.98 Å². The minimum absolute atomic E-state index is 0.0287. The number of benzene rings is 1. The second-order valence-electron chi connectivity index (χ2n) is 9.83. The van der Waals surface area contributed by atoms with Gasteiger partial charge in [0.25, 0.3) is 5.56 Å². The number of hydrogen-bond donors (Lipinski definition) is 4. The van der Waals surface area contributed by atoms with Crippen LogP contribution < -0.4 is 42.4 Å². The summed E-state index contributed by atoms with van der Waals surface area (Å²) in [6.07, 6.45) is 7.15. The smallest absolute Gasteiger partial charge is 0.260 e. The van der Waals surface area contributed by atoms with Crippen LogP contribution in [0.4, 0.5) is 0 Å². The predicted molar refractivity (Wildman–Crippen MR) is 147 cm³/mol. The summed E-state index contributed by atoms with van der Waals surface area (Å²) < 4.78 is 4.89. The molecular weight excluding hydrogens is 518 g/mol. The van der Waals surface area contributed by atoms with E-state index in [1.165, 1.54) is 0 Å². The summed E-state index contributed by atoms with van der Waals surface area (Å²) in [6, 6.07) is 4.10. The molecule has 1 aromatic heterocycles. The molecule has 0 fully saturated rings. The molecule has 10 heteroatoms. The number of aliphatic hydroxyl groups is 2. The third-order valence-corrected chi connectivity index (χ3v) is 7.85. The third kappa shape index (κ3) is 2.95. The number of nitrogens with one attached hydrogen (secondary N) is 1. The maximum Gasteiger partial charge on any atom is 0.260 e. The molecule has 4 aliphatic rings. The Morgan fingerprint density at radius 1 is 0.875 bits per heavy atom. The van der Waals surface area contributed by atoms with Crippen molar-refractivity contribution in [1.29, 1.82) is 0 Å². The van der Waals surface area contributed by atoms with E-state index in [9.17, 15) is 39.3 Å². The number of aryl methyl sites for hydroxylation is 1. The number of methoxy groups -OCH3 is 1. The van der Waals surface area contributed by atoms with E-state index in [0.717, 1.165) is 13.2 Å². The Morgan fingerprint density at radius 3 is 2.20 bits per heavy atom. The topological polar surface area (TPSA) is 171 Å². The highest BCUT2D eigenvalue weighted by molar-refractivity contribution is 5.94.